The lowest BCUT2D eigenvalue weighted by atomic mass is 10.0. The molecule has 1 aliphatic heterocycles. The number of sulfone groups is 1. The van der Waals surface area contributed by atoms with Crippen molar-refractivity contribution in [2.75, 3.05) is 19.1 Å². The molecule has 7 heteroatoms. The van der Waals surface area contributed by atoms with Crippen LogP contribution < -0.4 is 14.4 Å². The lowest BCUT2D eigenvalue weighted by Crippen LogP contribution is -2.26. The molecule has 0 radical (unpaired) electrons. The number of Topliss-reactive ketones (excluding diaryl/α,β-unsaturated/α-hetero) is 1. The van der Waals surface area contributed by atoms with Gasteiger partial charge in [-0.2, -0.15) is 0 Å². The van der Waals surface area contributed by atoms with Gasteiger partial charge in [0, 0.05) is 23.5 Å². The maximum atomic E-state index is 13.4. The summed E-state index contributed by atoms with van der Waals surface area (Å²) in [6.45, 7) is 3.73. The molecular weight excluding hydrogens is 426 g/mol. The first-order valence-electron chi connectivity index (χ1n) is 9.97. The van der Waals surface area contributed by atoms with Crippen LogP contribution >= 0.6 is 0 Å². The van der Waals surface area contributed by atoms with E-state index in [1.165, 1.54) is 19.4 Å². The van der Waals surface area contributed by atoms with Crippen molar-refractivity contribution >= 4 is 27.0 Å². The number of aryl methyl sites for hydroxylation is 2. The van der Waals surface area contributed by atoms with Gasteiger partial charge in [0.05, 0.1) is 24.8 Å². The summed E-state index contributed by atoms with van der Waals surface area (Å²) in [7, 11) is -0.941. The van der Waals surface area contributed by atoms with Crippen LogP contribution in [0.3, 0.4) is 0 Å². The second-order valence-electron chi connectivity index (χ2n) is 7.52. The van der Waals surface area contributed by atoms with Crippen LogP contribution in [0.25, 0.3) is 0 Å². The highest BCUT2D eigenvalue weighted by atomic mass is 32.2. The van der Waals surface area contributed by atoms with Gasteiger partial charge in [-0.15, -0.1) is 0 Å². The van der Waals surface area contributed by atoms with Crippen molar-refractivity contribution in [3.05, 3.63) is 88.5 Å². The van der Waals surface area contributed by atoms with Crippen molar-refractivity contribution in [2.24, 2.45) is 0 Å². The van der Waals surface area contributed by atoms with Crippen LogP contribution in [0.5, 0.6) is 11.5 Å². The Morgan fingerprint density at radius 2 is 1.59 bits per heavy atom. The second-order valence-corrected chi connectivity index (χ2v) is 9.41. The molecule has 1 aliphatic rings. The number of hydrogen-bond acceptors (Lipinski definition) is 6. The predicted octanol–water partition coefficient (Wildman–Crippen LogP) is 4.97. The van der Waals surface area contributed by atoms with Crippen LogP contribution in [-0.4, -0.2) is 28.4 Å². The Balaban J connectivity index is 1.93. The van der Waals surface area contributed by atoms with E-state index in [2.05, 4.69) is 0 Å². The number of rotatable bonds is 5. The number of anilines is 2. The number of benzene rings is 3. The molecule has 0 spiro atoms. The highest BCUT2D eigenvalue weighted by Gasteiger charge is 2.36. The molecule has 1 heterocycles. The fraction of sp³-hybridized carbons (Fsp3) is 0.160. The molecule has 3 aromatic rings. The molecule has 0 amide bonds. The molecule has 0 aliphatic carbocycles. The number of carbonyl (C=O) groups excluding carboxylic acids is 1. The first-order valence-corrected chi connectivity index (χ1v) is 11.5. The quantitative estimate of drug-likeness (QED) is 0.512. The van der Waals surface area contributed by atoms with E-state index in [0.29, 0.717) is 28.4 Å². The fourth-order valence-electron chi connectivity index (χ4n) is 3.83. The minimum atomic E-state index is -4.01. The average Bonchev–Trinajstić information content (AvgIpc) is 2.78. The van der Waals surface area contributed by atoms with Gasteiger partial charge in [0.15, 0.2) is 11.5 Å². The van der Waals surface area contributed by atoms with Crippen LogP contribution in [0.1, 0.15) is 21.5 Å². The summed E-state index contributed by atoms with van der Waals surface area (Å²) in [6, 6.07) is 17.2. The van der Waals surface area contributed by atoms with E-state index in [4.69, 9.17) is 9.47 Å². The van der Waals surface area contributed by atoms with Crippen LogP contribution in [0.4, 0.5) is 11.4 Å². The van der Waals surface area contributed by atoms with E-state index >= 15 is 0 Å². The first kappa shape index (κ1) is 21.6. The van der Waals surface area contributed by atoms with Crippen molar-refractivity contribution in [1.82, 2.24) is 0 Å². The molecule has 164 valence electrons. The van der Waals surface area contributed by atoms with Crippen LogP contribution in [0, 0.1) is 13.8 Å². The lowest BCUT2D eigenvalue weighted by molar-refractivity contribution is 0.104. The summed E-state index contributed by atoms with van der Waals surface area (Å²) in [5.74, 6) is 0.499. The van der Waals surface area contributed by atoms with E-state index < -0.39 is 15.6 Å². The Labute approximate surface area is 187 Å². The molecule has 0 bridgehead atoms. The SMILES string of the molecule is COc1ccc(N2C=C(C(=O)c3ccc(C)cc3C)S(=O)(=O)c3ccccc32)cc1OC. The Morgan fingerprint density at radius 1 is 0.875 bits per heavy atom. The number of allylic oxidation sites excluding steroid dienone is 1. The molecular formula is C25H23NO5S. The third-order valence-electron chi connectivity index (χ3n) is 5.45. The number of carbonyl (C=O) groups is 1. The minimum Gasteiger partial charge on any atom is -0.493 e. The van der Waals surface area contributed by atoms with Gasteiger partial charge < -0.3 is 14.4 Å². The lowest BCUT2D eigenvalue weighted by Gasteiger charge is -2.29. The summed E-state index contributed by atoms with van der Waals surface area (Å²) >= 11 is 0. The topological polar surface area (TPSA) is 72.9 Å². The summed E-state index contributed by atoms with van der Waals surface area (Å²) in [5.41, 5.74) is 3.17. The predicted molar refractivity (Wildman–Crippen MR) is 124 cm³/mol. The molecule has 0 N–H and O–H groups in total. The van der Waals surface area contributed by atoms with Crippen LogP contribution in [0.2, 0.25) is 0 Å². The number of fused-ring (bicyclic) bond motifs is 1. The van der Waals surface area contributed by atoms with E-state index in [-0.39, 0.29) is 9.80 Å². The Morgan fingerprint density at radius 3 is 2.28 bits per heavy atom. The van der Waals surface area contributed by atoms with Crippen molar-refractivity contribution in [1.29, 1.82) is 0 Å². The molecule has 0 atom stereocenters. The molecule has 32 heavy (non-hydrogen) atoms. The van der Waals surface area contributed by atoms with Gasteiger partial charge in [0.2, 0.25) is 15.6 Å². The summed E-state index contributed by atoms with van der Waals surface area (Å²) in [4.78, 5) is 14.9. The summed E-state index contributed by atoms with van der Waals surface area (Å²) < 4.78 is 37.6. The molecule has 4 rings (SSSR count). The van der Waals surface area contributed by atoms with Crippen molar-refractivity contribution < 1.29 is 22.7 Å². The van der Waals surface area contributed by atoms with Gasteiger partial charge in [0.25, 0.3) is 0 Å². The zero-order valence-corrected chi connectivity index (χ0v) is 19.1. The van der Waals surface area contributed by atoms with E-state index in [1.54, 1.807) is 67.5 Å². The highest BCUT2D eigenvalue weighted by molar-refractivity contribution is 7.96. The van der Waals surface area contributed by atoms with E-state index in [9.17, 15) is 13.2 Å². The maximum Gasteiger partial charge on any atom is 0.214 e. The number of nitrogens with zero attached hydrogens (tertiary/aromatic N) is 1. The molecule has 0 aromatic heterocycles. The van der Waals surface area contributed by atoms with E-state index in [1.807, 2.05) is 13.0 Å². The standard InChI is InChI=1S/C25H23NO5S/c1-16-9-11-19(17(2)13-16)25(27)24-15-26(18-10-12-21(30-3)22(14-18)31-4)20-7-5-6-8-23(20)32(24,28)29/h5-15H,1-4H3. The van der Waals surface area contributed by atoms with Gasteiger partial charge in [-0.1, -0.05) is 35.9 Å². The van der Waals surface area contributed by atoms with Gasteiger partial charge in [0.1, 0.15) is 4.91 Å². The minimum absolute atomic E-state index is 0.0744. The van der Waals surface area contributed by atoms with Gasteiger partial charge >= 0.3 is 0 Å². The van der Waals surface area contributed by atoms with Gasteiger partial charge in [-0.05, 0) is 43.7 Å². The number of ether oxygens (including phenoxy) is 2. The molecule has 0 fully saturated rings. The Hall–Kier alpha value is -3.58. The number of para-hydroxylation sites is 1. The normalized spacial score (nSPS) is 14.4. The summed E-state index contributed by atoms with van der Waals surface area (Å²) in [6.07, 6.45) is 1.39. The molecule has 0 saturated heterocycles. The van der Waals surface area contributed by atoms with Crippen molar-refractivity contribution in [2.45, 2.75) is 18.7 Å². The Kier molecular flexibility index (Phi) is 5.52. The number of methoxy groups -OCH3 is 2. The number of ketones is 1. The van der Waals surface area contributed by atoms with Gasteiger partial charge in [-0.25, -0.2) is 8.42 Å². The smallest absolute Gasteiger partial charge is 0.214 e. The first-order chi connectivity index (χ1) is 15.3. The zero-order valence-electron chi connectivity index (χ0n) is 18.2. The fourth-order valence-corrected chi connectivity index (χ4v) is 5.36. The summed E-state index contributed by atoms with van der Waals surface area (Å²) in [5, 5.41) is 0. The third-order valence-corrected chi connectivity index (χ3v) is 7.24. The van der Waals surface area contributed by atoms with Gasteiger partial charge in [-0.3, -0.25) is 4.79 Å². The molecule has 3 aromatic carbocycles. The number of hydrogen-bond donors (Lipinski definition) is 0. The average molecular weight is 450 g/mol. The Bertz CT molecular complexity index is 1360. The van der Waals surface area contributed by atoms with Crippen molar-refractivity contribution in [3.8, 4) is 11.5 Å². The van der Waals surface area contributed by atoms with Crippen LogP contribution in [0.15, 0.2) is 76.7 Å². The monoisotopic (exact) mass is 449 g/mol. The zero-order chi connectivity index (χ0) is 23.0. The van der Waals surface area contributed by atoms with Crippen LogP contribution in [-0.2, 0) is 9.84 Å². The molecule has 0 saturated carbocycles. The second kappa shape index (κ2) is 8.16. The van der Waals surface area contributed by atoms with E-state index in [0.717, 1.165) is 11.1 Å². The third kappa shape index (κ3) is 3.54. The molecule has 0 unspecified atom stereocenters. The maximum absolute atomic E-state index is 13.4. The largest absolute Gasteiger partial charge is 0.493 e. The van der Waals surface area contributed by atoms with Crippen molar-refractivity contribution in [3.63, 3.8) is 0 Å². The molecule has 6 nitrogen and oxygen atoms in total. The highest BCUT2D eigenvalue weighted by Crippen LogP contribution is 2.42.